The number of carbonyl (C=O) groups is 1. The first-order valence-corrected chi connectivity index (χ1v) is 6.49. The Labute approximate surface area is 123 Å². The van der Waals surface area contributed by atoms with E-state index < -0.39 is 0 Å². The van der Waals surface area contributed by atoms with Crippen molar-refractivity contribution in [1.29, 1.82) is 0 Å². The van der Waals surface area contributed by atoms with E-state index in [0.29, 0.717) is 17.2 Å². The zero-order valence-corrected chi connectivity index (χ0v) is 12.2. The summed E-state index contributed by atoms with van der Waals surface area (Å²) in [5.74, 6) is 6.47. The van der Waals surface area contributed by atoms with Crippen LogP contribution in [-0.4, -0.2) is 17.9 Å². The molecule has 0 aliphatic carbocycles. The summed E-state index contributed by atoms with van der Waals surface area (Å²) in [6.07, 6.45) is 1.54. The molecule has 0 aliphatic heterocycles. The number of hydrazine groups is 1. The fraction of sp³-hybridized carbons (Fsp3) is 0.200. The van der Waals surface area contributed by atoms with Gasteiger partial charge in [0.2, 0.25) is 0 Å². The Kier molecular flexibility index (Phi) is 4.39. The van der Waals surface area contributed by atoms with Gasteiger partial charge in [0.1, 0.15) is 17.2 Å². The zero-order valence-electron chi connectivity index (χ0n) is 12.2. The Bertz CT molecular complexity index is 671. The topological polar surface area (TPSA) is 89.3 Å². The van der Waals surface area contributed by atoms with E-state index in [1.165, 1.54) is 6.20 Å². The van der Waals surface area contributed by atoms with Crippen molar-refractivity contribution >= 4 is 11.6 Å². The molecule has 4 N–H and O–H groups in total. The van der Waals surface area contributed by atoms with Crippen molar-refractivity contribution in [3.63, 3.8) is 0 Å². The van der Waals surface area contributed by atoms with Crippen molar-refractivity contribution in [2.24, 2.45) is 5.84 Å². The normalized spacial score (nSPS) is 10.1. The number of hydrogen-bond acceptors (Lipinski definition) is 5. The molecule has 0 atom stereocenters. The molecular weight excluding hydrogens is 268 g/mol. The SMILES string of the molecule is CNC(=O)c1cc(Oc2c(C)ccc(NN)c2C)ccn1. The van der Waals surface area contributed by atoms with E-state index in [9.17, 15) is 4.79 Å². The molecule has 0 unspecified atom stereocenters. The second-order valence-corrected chi connectivity index (χ2v) is 4.59. The first-order valence-electron chi connectivity index (χ1n) is 6.49. The molecule has 0 fully saturated rings. The van der Waals surface area contributed by atoms with E-state index in [0.717, 1.165) is 16.8 Å². The number of anilines is 1. The van der Waals surface area contributed by atoms with Gasteiger partial charge in [-0.2, -0.15) is 0 Å². The van der Waals surface area contributed by atoms with Crippen LogP contribution in [-0.2, 0) is 0 Å². The summed E-state index contributed by atoms with van der Waals surface area (Å²) >= 11 is 0. The van der Waals surface area contributed by atoms with Gasteiger partial charge < -0.3 is 15.5 Å². The molecule has 0 radical (unpaired) electrons. The molecule has 6 heteroatoms. The molecule has 110 valence electrons. The fourth-order valence-corrected chi connectivity index (χ4v) is 1.99. The lowest BCUT2D eigenvalue weighted by Crippen LogP contribution is -2.19. The Balaban J connectivity index is 2.36. The number of nitrogens with one attached hydrogen (secondary N) is 2. The van der Waals surface area contributed by atoms with Crippen molar-refractivity contribution < 1.29 is 9.53 Å². The molecule has 1 amide bonds. The minimum absolute atomic E-state index is 0.258. The fourth-order valence-electron chi connectivity index (χ4n) is 1.99. The number of nitrogen functional groups attached to an aromatic ring is 1. The van der Waals surface area contributed by atoms with E-state index in [2.05, 4.69) is 15.7 Å². The van der Waals surface area contributed by atoms with Gasteiger partial charge in [-0.1, -0.05) is 6.07 Å². The van der Waals surface area contributed by atoms with Crippen LogP contribution in [0.5, 0.6) is 11.5 Å². The molecule has 6 nitrogen and oxygen atoms in total. The molecule has 1 aromatic heterocycles. The van der Waals surface area contributed by atoms with Gasteiger partial charge in [0.25, 0.3) is 5.91 Å². The monoisotopic (exact) mass is 286 g/mol. The van der Waals surface area contributed by atoms with Gasteiger partial charge in [0, 0.05) is 24.9 Å². The number of ether oxygens (including phenoxy) is 1. The smallest absolute Gasteiger partial charge is 0.269 e. The lowest BCUT2D eigenvalue weighted by atomic mass is 10.1. The highest BCUT2D eigenvalue weighted by atomic mass is 16.5. The summed E-state index contributed by atoms with van der Waals surface area (Å²) in [6, 6.07) is 7.10. The second-order valence-electron chi connectivity index (χ2n) is 4.59. The van der Waals surface area contributed by atoms with Crippen molar-refractivity contribution in [2.75, 3.05) is 12.5 Å². The van der Waals surface area contributed by atoms with Crippen LogP contribution in [0.25, 0.3) is 0 Å². The highest BCUT2D eigenvalue weighted by Crippen LogP contribution is 2.32. The number of aromatic nitrogens is 1. The molecule has 21 heavy (non-hydrogen) atoms. The Morgan fingerprint density at radius 3 is 2.71 bits per heavy atom. The average molecular weight is 286 g/mol. The Hall–Kier alpha value is -2.60. The molecule has 0 spiro atoms. The molecule has 0 aliphatic rings. The molecule has 2 aromatic rings. The van der Waals surface area contributed by atoms with Crippen LogP contribution in [0.3, 0.4) is 0 Å². The summed E-state index contributed by atoms with van der Waals surface area (Å²) in [6.45, 7) is 3.86. The van der Waals surface area contributed by atoms with Gasteiger partial charge >= 0.3 is 0 Å². The minimum Gasteiger partial charge on any atom is -0.457 e. The van der Waals surface area contributed by atoms with Crippen LogP contribution in [0.1, 0.15) is 21.6 Å². The molecule has 0 saturated carbocycles. The highest BCUT2D eigenvalue weighted by Gasteiger charge is 2.11. The molecule has 1 heterocycles. The highest BCUT2D eigenvalue weighted by molar-refractivity contribution is 5.92. The predicted molar refractivity (Wildman–Crippen MR) is 81.4 cm³/mol. The van der Waals surface area contributed by atoms with Crippen LogP contribution in [0, 0.1) is 13.8 Å². The quantitative estimate of drug-likeness (QED) is 0.592. The van der Waals surface area contributed by atoms with E-state index in [1.54, 1.807) is 19.2 Å². The standard InChI is InChI=1S/C15H18N4O2/c1-9-4-5-12(19-16)10(2)14(9)21-11-6-7-18-13(8-11)15(20)17-3/h4-8,19H,16H2,1-3H3,(H,17,20). The van der Waals surface area contributed by atoms with Gasteiger partial charge in [-0.3, -0.25) is 15.6 Å². The van der Waals surface area contributed by atoms with Gasteiger partial charge in [-0.15, -0.1) is 0 Å². The third-order valence-electron chi connectivity index (χ3n) is 3.17. The third kappa shape index (κ3) is 3.11. The molecule has 2 rings (SSSR count). The number of pyridine rings is 1. The average Bonchev–Trinajstić information content (AvgIpc) is 2.51. The van der Waals surface area contributed by atoms with Gasteiger partial charge in [-0.05, 0) is 31.5 Å². The van der Waals surface area contributed by atoms with Crippen LogP contribution in [0.4, 0.5) is 5.69 Å². The minimum atomic E-state index is -0.258. The van der Waals surface area contributed by atoms with Crippen molar-refractivity contribution in [1.82, 2.24) is 10.3 Å². The Morgan fingerprint density at radius 1 is 1.29 bits per heavy atom. The number of nitrogens with zero attached hydrogens (tertiary/aromatic N) is 1. The van der Waals surface area contributed by atoms with E-state index in [-0.39, 0.29) is 5.91 Å². The summed E-state index contributed by atoms with van der Waals surface area (Å²) in [7, 11) is 1.56. The Morgan fingerprint density at radius 2 is 2.05 bits per heavy atom. The maximum atomic E-state index is 11.6. The van der Waals surface area contributed by atoms with Crippen LogP contribution < -0.4 is 21.3 Å². The predicted octanol–water partition coefficient (Wildman–Crippen LogP) is 2.14. The van der Waals surface area contributed by atoms with Crippen LogP contribution in [0.15, 0.2) is 30.5 Å². The van der Waals surface area contributed by atoms with E-state index in [1.807, 2.05) is 26.0 Å². The summed E-state index contributed by atoms with van der Waals surface area (Å²) in [5.41, 5.74) is 5.60. The lowest BCUT2D eigenvalue weighted by Gasteiger charge is -2.15. The largest absolute Gasteiger partial charge is 0.457 e. The van der Waals surface area contributed by atoms with E-state index >= 15 is 0 Å². The molecular formula is C15H18N4O2. The first-order chi connectivity index (χ1) is 10.1. The zero-order chi connectivity index (χ0) is 15.4. The third-order valence-corrected chi connectivity index (χ3v) is 3.17. The molecule has 0 bridgehead atoms. The number of carbonyl (C=O) groups excluding carboxylic acids is 1. The van der Waals surface area contributed by atoms with Crippen LogP contribution >= 0.6 is 0 Å². The lowest BCUT2D eigenvalue weighted by molar-refractivity contribution is 0.0958. The molecule has 1 aromatic carbocycles. The van der Waals surface area contributed by atoms with Gasteiger partial charge in [0.05, 0.1) is 5.69 Å². The second kappa shape index (κ2) is 6.23. The summed E-state index contributed by atoms with van der Waals surface area (Å²) < 4.78 is 5.90. The molecule has 0 saturated heterocycles. The van der Waals surface area contributed by atoms with Gasteiger partial charge in [-0.25, -0.2) is 0 Å². The number of aryl methyl sites for hydroxylation is 1. The maximum Gasteiger partial charge on any atom is 0.269 e. The first kappa shape index (κ1) is 14.8. The summed E-state index contributed by atoms with van der Waals surface area (Å²) in [4.78, 5) is 15.6. The number of nitrogens with two attached hydrogens (primary N) is 1. The van der Waals surface area contributed by atoms with Crippen molar-refractivity contribution in [3.05, 3.63) is 47.3 Å². The van der Waals surface area contributed by atoms with E-state index in [4.69, 9.17) is 10.6 Å². The maximum absolute atomic E-state index is 11.6. The number of amides is 1. The van der Waals surface area contributed by atoms with Crippen molar-refractivity contribution in [2.45, 2.75) is 13.8 Å². The number of hydrogen-bond donors (Lipinski definition) is 3. The summed E-state index contributed by atoms with van der Waals surface area (Å²) in [5, 5.41) is 2.53. The number of benzene rings is 1. The number of rotatable bonds is 4. The van der Waals surface area contributed by atoms with Crippen LogP contribution in [0.2, 0.25) is 0 Å². The van der Waals surface area contributed by atoms with Gasteiger partial charge in [0.15, 0.2) is 0 Å². The van der Waals surface area contributed by atoms with Crippen molar-refractivity contribution in [3.8, 4) is 11.5 Å².